The predicted molar refractivity (Wildman–Crippen MR) is 73.2 cm³/mol. The Morgan fingerprint density at radius 2 is 2.05 bits per heavy atom. The third kappa shape index (κ3) is 2.26. The van der Waals surface area contributed by atoms with E-state index < -0.39 is 0 Å². The maximum Gasteiger partial charge on any atom is 0.161 e. The van der Waals surface area contributed by atoms with E-state index in [1.807, 2.05) is 12.4 Å². The molecule has 1 atom stereocenters. The van der Waals surface area contributed by atoms with Gasteiger partial charge in [-0.25, -0.2) is 9.97 Å². The first kappa shape index (κ1) is 12.3. The van der Waals surface area contributed by atoms with Gasteiger partial charge in [-0.15, -0.1) is 0 Å². The second-order valence-electron chi connectivity index (χ2n) is 5.22. The Bertz CT molecular complexity index is 554. The van der Waals surface area contributed by atoms with Gasteiger partial charge >= 0.3 is 0 Å². The van der Waals surface area contributed by atoms with E-state index in [1.165, 1.54) is 6.42 Å². The summed E-state index contributed by atoms with van der Waals surface area (Å²) in [6, 6.07) is 0.311. The molecule has 0 amide bonds. The maximum absolute atomic E-state index is 4.54. The summed E-state index contributed by atoms with van der Waals surface area (Å²) < 4.78 is 2.06. The highest BCUT2D eigenvalue weighted by atomic mass is 15.1. The van der Waals surface area contributed by atoms with E-state index in [4.69, 9.17) is 0 Å². The van der Waals surface area contributed by atoms with Gasteiger partial charge in [0.15, 0.2) is 5.82 Å². The minimum absolute atomic E-state index is 0.311. The van der Waals surface area contributed by atoms with Crippen LogP contribution in [0.1, 0.15) is 50.2 Å². The van der Waals surface area contributed by atoms with Gasteiger partial charge in [-0.3, -0.25) is 9.55 Å². The summed E-state index contributed by atoms with van der Waals surface area (Å²) >= 11 is 0. The van der Waals surface area contributed by atoms with Crippen LogP contribution in [-0.4, -0.2) is 26.1 Å². The lowest BCUT2D eigenvalue weighted by Gasteiger charge is -2.16. The summed E-state index contributed by atoms with van der Waals surface area (Å²) in [6.45, 7) is 5.34. The van der Waals surface area contributed by atoms with E-state index in [2.05, 4.69) is 38.7 Å². The Morgan fingerprint density at radius 3 is 2.79 bits per heavy atom. The largest absolute Gasteiger partial charge is 0.309 e. The molecule has 1 aliphatic rings. The quantitative estimate of drug-likeness (QED) is 0.916. The van der Waals surface area contributed by atoms with Crippen LogP contribution in [0, 0.1) is 0 Å². The lowest BCUT2D eigenvalue weighted by molar-refractivity contribution is 0.613. The van der Waals surface area contributed by atoms with E-state index in [1.54, 1.807) is 12.4 Å². The third-order valence-electron chi connectivity index (χ3n) is 3.51. The summed E-state index contributed by atoms with van der Waals surface area (Å²) in [7, 11) is 0. The molecule has 0 bridgehead atoms. The summed E-state index contributed by atoms with van der Waals surface area (Å²) in [5.74, 6) is 2.30. The standard InChI is InChI=1S/C14H19N5/c1-10(2)13-18-8-9-19(13)14-12(16-6-7-17-14)11-4-3-5-15-11/h6-11,15H,3-5H2,1-2H3/t11-/m0/s1. The van der Waals surface area contributed by atoms with Crippen molar-refractivity contribution in [2.75, 3.05) is 6.54 Å². The lowest BCUT2D eigenvalue weighted by atomic mass is 10.1. The van der Waals surface area contributed by atoms with Gasteiger partial charge in [0.05, 0.1) is 6.04 Å². The molecular formula is C14H19N5. The van der Waals surface area contributed by atoms with Crippen LogP contribution in [0.15, 0.2) is 24.8 Å². The summed E-state index contributed by atoms with van der Waals surface area (Å²) in [6.07, 6.45) is 9.63. The molecule has 1 saturated heterocycles. The van der Waals surface area contributed by atoms with Crippen LogP contribution in [0.2, 0.25) is 0 Å². The molecule has 3 heterocycles. The van der Waals surface area contributed by atoms with Crippen LogP contribution < -0.4 is 5.32 Å². The highest BCUT2D eigenvalue weighted by Gasteiger charge is 2.23. The first-order chi connectivity index (χ1) is 9.27. The number of aromatic nitrogens is 4. The molecule has 0 saturated carbocycles. The van der Waals surface area contributed by atoms with Crippen molar-refractivity contribution < 1.29 is 0 Å². The average molecular weight is 257 g/mol. The molecule has 5 nitrogen and oxygen atoms in total. The molecule has 2 aromatic heterocycles. The zero-order valence-electron chi connectivity index (χ0n) is 11.4. The number of nitrogens with one attached hydrogen (secondary N) is 1. The SMILES string of the molecule is CC(C)c1nccn1-c1nccnc1[C@@H]1CCCN1. The molecule has 0 radical (unpaired) electrons. The number of nitrogens with zero attached hydrogens (tertiary/aromatic N) is 4. The van der Waals surface area contributed by atoms with Crippen molar-refractivity contribution in [1.82, 2.24) is 24.8 Å². The second-order valence-corrected chi connectivity index (χ2v) is 5.22. The van der Waals surface area contributed by atoms with Crippen LogP contribution in [-0.2, 0) is 0 Å². The van der Waals surface area contributed by atoms with Gasteiger partial charge in [-0.05, 0) is 19.4 Å². The van der Waals surface area contributed by atoms with Crippen molar-refractivity contribution in [3.05, 3.63) is 36.3 Å². The van der Waals surface area contributed by atoms with E-state index in [-0.39, 0.29) is 0 Å². The zero-order valence-corrected chi connectivity index (χ0v) is 11.4. The summed E-state index contributed by atoms with van der Waals surface area (Å²) in [5, 5.41) is 3.49. The van der Waals surface area contributed by atoms with Gasteiger partial charge in [0.1, 0.15) is 11.5 Å². The molecule has 0 spiro atoms. The van der Waals surface area contributed by atoms with Crippen molar-refractivity contribution in [1.29, 1.82) is 0 Å². The van der Waals surface area contributed by atoms with Crippen LogP contribution >= 0.6 is 0 Å². The van der Waals surface area contributed by atoms with Gasteiger partial charge in [-0.1, -0.05) is 13.8 Å². The molecule has 1 aliphatic heterocycles. The van der Waals surface area contributed by atoms with Gasteiger partial charge in [-0.2, -0.15) is 0 Å². The normalized spacial score (nSPS) is 19.2. The Hall–Kier alpha value is -1.75. The number of hydrogen-bond acceptors (Lipinski definition) is 4. The molecule has 0 aromatic carbocycles. The van der Waals surface area contributed by atoms with E-state index in [0.717, 1.165) is 30.3 Å². The highest BCUT2D eigenvalue weighted by Crippen LogP contribution is 2.26. The van der Waals surface area contributed by atoms with Crippen molar-refractivity contribution in [2.24, 2.45) is 0 Å². The molecule has 2 aromatic rings. The number of rotatable bonds is 3. The molecule has 5 heteroatoms. The first-order valence-corrected chi connectivity index (χ1v) is 6.85. The molecule has 3 rings (SSSR count). The Kier molecular flexibility index (Phi) is 3.29. The molecule has 1 N–H and O–H groups in total. The fourth-order valence-corrected chi connectivity index (χ4v) is 2.61. The van der Waals surface area contributed by atoms with Gasteiger partial charge < -0.3 is 5.32 Å². The molecule has 0 aliphatic carbocycles. The number of hydrogen-bond donors (Lipinski definition) is 1. The first-order valence-electron chi connectivity index (χ1n) is 6.85. The topological polar surface area (TPSA) is 55.6 Å². The van der Waals surface area contributed by atoms with E-state index in [9.17, 15) is 0 Å². The van der Waals surface area contributed by atoms with Crippen molar-refractivity contribution in [3.63, 3.8) is 0 Å². The zero-order chi connectivity index (χ0) is 13.2. The van der Waals surface area contributed by atoms with Crippen LogP contribution in [0.4, 0.5) is 0 Å². The average Bonchev–Trinajstić information content (AvgIpc) is 3.10. The minimum atomic E-state index is 0.311. The molecule has 19 heavy (non-hydrogen) atoms. The van der Waals surface area contributed by atoms with Gasteiger partial charge in [0.2, 0.25) is 0 Å². The molecule has 100 valence electrons. The Balaban J connectivity index is 2.06. The van der Waals surface area contributed by atoms with E-state index in [0.29, 0.717) is 12.0 Å². The van der Waals surface area contributed by atoms with Crippen LogP contribution in [0.3, 0.4) is 0 Å². The summed E-state index contributed by atoms with van der Waals surface area (Å²) in [4.78, 5) is 13.5. The van der Waals surface area contributed by atoms with Crippen molar-refractivity contribution >= 4 is 0 Å². The fraction of sp³-hybridized carbons (Fsp3) is 0.500. The van der Waals surface area contributed by atoms with Crippen molar-refractivity contribution in [2.45, 2.75) is 38.6 Å². The highest BCUT2D eigenvalue weighted by molar-refractivity contribution is 5.33. The van der Waals surface area contributed by atoms with E-state index >= 15 is 0 Å². The maximum atomic E-state index is 4.54. The van der Waals surface area contributed by atoms with Crippen LogP contribution in [0.25, 0.3) is 5.82 Å². The Labute approximate surface area is 113 Å². The third-order valence-corrected chi connectivity index (χ3v) is 3.51. The minimum Gasteiger partial charge on any atom is -0.309 e. The Morgan fingerprint density at radius 1 is 1.21 bits per heavy atom. The monoisotopic (exact) mass is 257 g/mol. The molecule has 1 fully saturated rings. The van der Waals surface area contributed by atoms with Gasteiger partial charge in [0, 0.05) is 30.7 Å². The van der Waals surface area contributed by atoms with Crippen molar-refractivity contribution in [3.8, 4) is 5.82 Å². The number of imidazole rings is 1. The molecular weight excluding hydrogens is 238 g/mol. The predicted octanol–water partition coefficient (Wildman–Crippen LogP) is 2.21. The molecule has 0 unspecified atom stereocenters. The smallest absolute Gasteiger partial charge is 0.161 e. The van der Waals surface area contributed by atoms with Crippen LogP contribution in [0.5, 0.6) is 0 Å². The lowest BCUT2D eigenvalue weighted by Crippen LogP contribution is -2.18. The fourth-order valence-electron chi connectivity index (χ4n) is 2.61. The van der Waals surface area contributed by atoms with Gasteiger partial charge in [0.25, 0.3) is 0 Å². The summed E-state index contributed by atoms with van der Waals surface area (Å²) in [5.41, 5.74) is 1.03. The second kappa shape index (κ2) is 5.09.